The zero-order valence-corrected chi connectivity index (χ0v) is 12.4. The molecule has 0 bridgehead atoms. The van der Waals surface area contributed by atoms with E-state index in [4.69, 9.17) is 4.74 Å². The zero-order valence-electron chi connectivity index (χ0n) is 12.4. The third-order valence-corrected chi connectivity index (χ3v) is 3.69. The summed E-state index contributed by atoms with van der Waals surface area (Å²) >= 11 is 0. The van der Waals surface area contributed by atoms with Crippen LogP contribution in [-0.4, -0.2) is 49.2 Å². The quantitative estimate of drug-likeness (QED) is 0.810. The van der Waals surface area contributed by atoms with Gasteiger partial charge in [0.2, 0.25) is 5.91 Å². The average molecular weight is 256 g/mol. The molecule has 1 amide bonds. The topological polar surface area (TPSA) is 41.6 Å². The Morgan fingerprint density at radius 1 is 1.11 bits per heavy atom. The third kappa shape index (κ3) is 4.25. The van der Waals surface area contributed by atoms with Crippen molar-refractivity contribution in [2.75, 3.05) is 26.3 Å². The lowest BCUT2D eigenvalue weighted by atomic mass is 9.95. The van der Waals surface area contributed by atoms with Crippen LogP contribution in [0, 0.1) is 11.8 Å². The van der Waals surface area contributed by atoms with Crippen molar-refractivity contribution in [3.8, 4) is 0 Å². The molecule has 1 saturated heterocycles. The predicted molar refractivity (Wildman–Crippen MR) is 73.5 cm³/mol. The van der Waals surface area contributed by atoms with E-state index in [1.54, 1.807) is 0 Å². The van der Waals surface area contributed by atoms with E-state index in [0.29, 0.717) is 12.0 Å². The van der Waals surface area contributed by atoms with E-state index >= 15 is 0 Å². The molecule has 1 heterocycles. The predicted octanol–water partition coefficient (Wildman–Crippen LogP) is 1.50. The second-order valence-electron chi connectivity index (χ2n) is 5.82. The minimum atomic E-state index is 0.0446. The fourth-order valence-corrected chi connectivity index (χ4v) is 2.39. The minimum Gasteiger partial charge on any atom is -0.379 e. The minimum absolute atomic E-state index is 0.0446. The lowest BCUT2D eigenvalue weighted by Gasteiger charge is -2.39. The lowest BCUT2D eigenvalue weighted by Crippen LogP contribution is -2.55. The number of nitrogens with one attached hydrogen (secondary N) is 1. The Hall–Kier alpha value is -0.610. The summed E-state index contributed by atoms with van der Waals surface area (Å²) < 4.78 is 5.38. The normalized spacial score (nSPS) is 21.1. The van der Waals surface area contributed by atoms with Crippen LogP contribution in [-0.2, 0) is 9.53 Å². The molecular formula is C14H28N2O2. The Balaban J connectivity index is 2.62. The van der Waals surface area contributed by atoms with Crippen LogP contribution >= 0.6 is 0 Å². The van der Waals surface area contributed by atoms with E-state index in [9.17, 15) is 4.79 Å². The van der Waals surface area contributed by atoms with Crippen LogP contribution < -0.4 is 5.32 Å². The molecule has 0 aromatic rings. The summed E-state index contributed by atoms with van der Waals surface area (Å²) in [4.78, 5) is 14.3. The molecule has 4 nitrogen and oxygen atoms in total. The molecule has 4 heteroatoms. The number of morpholine rings is 1. The van der Waals surface area contributed by atoms with Gasteiger partial charge in [0.05, 0.1) is 13.2 Å². The first-order valence-electron chi connectivity index (χ1n) is 7.05. The van der Waals surface area contributed by atoms with Crippen molar-refractivity contribution in [2.24, 2.45) is 11.8 Å². The number of nitrogens with zero attached hydrogens (tertiary/aromatic N) is 1. The molecule has 0 aliphatic carbocycles. The van der Waals surface area contributed by atoms with Crippen LogP contribution in [0.15, 0.2) is 0 Å². The van der Waals surface area contributed by atoms with Crippen LogP contribution in [0.5, 0.6) is 0 Å². The molecule has 0 saturated carbocycles. The second kappa shape index (κ2) is 7.10. The van der Waals surface area contributed by atoms with E-state index in [1.807, 2.05) is 13.8 Å². The monoisotopic (exact) mass is 256 g/mol. The molecule has 18 heavy (non-hydrogen) atoms. The number of hydrogen-bond acceptors (Lipinski definition) is 3. The molecule has 0 radical (unpaired) electrons. The average Bonchev–Trinajstić information content (AvgIpc) is 2.35. The van der Waals surface area contributed by atoms with Gasteiger partial charge in [-0.2, -0.15) is 0 Å². The van der Waals surface area contributed by atoms with Gasteiger partial charge in [-0.1, -0.05) is 27.7 Å². The molecular weight excluding hydrogens is 228 g/mol. The van der Waals surface area contributed by atoms with Crippen molar-refractivity contribution in [1.29, 1.82) is 0 Å². The number of hydrogen-bond donors (Lipinski definition) is 1. The molecule has 0 unspecified atom stereocenters. The number of ether oxygens (including phenoxy) is 1. The Labute approximate surface area is 111 Å². The van der Waals surface area contributed by atoms with Gasteiger partial charge in [-0.05, 0) is 12.8 Å². The molecule has 0 aromatic carbocycles. The van der Waals surface area contributed by atoms with Crippen LogP contribution in [0.1, 0.15) is 34.6 Å². The third-order valence-electron chi connectivity index (χ3n) is 3.69. The lowest BCUT2D eigenvalue weighted by molar-refractivity contribution is -0.125. The largest absolute Gasteiger partial charge is 0.379 e. The summed E-state index contributed by atoms with van der Waals surface area (Å²) in [5.41, 5.74) is 0. The van der Waals surface area contributed by atoms with Gasteiger partial charge >= 0.3 is 0 Å². The summed E-state index contributed by atoms with van der Waals surface area (Å²) in [7, 11) is 0. The van der Waals surface area contributed by atoms with E-state index in [1.165, 1.54) is 0 Å². The van der Waals surface area contributed by atoms with Gasteiger partial charge in [-0.15, -0.1) is 0 Å². The molecule has 1 N–H and O–H groups in total. The maximum absolute atomic E-state index is 11.9. The molecule has 1 aliphatic rings. The number of rotatable bonds is 5. The molecule has 106 valence electrons. The first kappa shape index (κ1) is 15.4. The van der Waals surface area contributed by atoms with E-state index in [0.717, 1.165) is 26.3 Å². The van der Waals surface area contributed by atoms with Gasteiger partial charge in [0.25, 0.3) is 0 Å². The maximum atomic E-state index is 11.9. The summed E-state index contributed by atoms with van der Waals surface area (Å²) in [6.07, 6.45) is 0. The highest BCUT2D eigenvalue weighted by atomic mass is 16.5. The van der Waals surface area contributed by atoms with Gasteiger partial charge in [0.15, 0.2) is 0 Å². The van der Waals surface area contributed by atoms with E-state index in [2.05, 4.69) is 31.0 Å². The zero-order chi connectivity index (χ0) is 13.7. The Morgan fingerprint density at radius 3 is 2.11 bits per heavy atom. The van der Waals surface area contributed by atoms with Crippen molar-refractivity contribution in [1.82, 2.24) is 10.2 Å². The molecule has 0 spiro atoms. The molecule has 1 fully saturated rings. The highest BCUT2D eigenvalue weighted by Crippen LogP contribution is 2.15. The summed E-state index contributed by atoms with van der Waals surface area (Å²) in [5, 5.41) is 3.19. The van der Waals surface area contributed by atoms with Gasteiger partial charge in [0, 0.05) is 31.1 Å². The number of carbonyl (C=O) groups excluding carboxylic acids is 1. The Morgan fingerprint density at radius 2 is 1.67 bits per heavy atom. The fraction of sp³-hybridized carbons (Fsp3) is 0.929. The Kier molecular flexibility index (Phi) is 6.09. The number of carbonyl (C=O) groups is 1. The van der Waals surface area contributed by atoms with Gasteiger partial charge in [0.1, 0.15) is 0 Å². The maximum Gasteiger partial charge on any atom is 0.222 e. The van der Waals surface area contributed by atoms with Crippen molar-refractivity contribution >= 4 is 5.91 Å². The molecule has 0 aromatic heterocycles. The summed E-state index contributed by atoms with van der Waals surface area (Å²) in [6.45, 7) is 13.9. The molecule has 2 atom stereocenters. The fourth-order valence-electron chi connectivity index (χ4n) is 2.39. The van der Waals surface area contributed by atoms with Crippen LogP contribution in [0.2, 0.25) is 0 Å². The van der Waals surface area contributed by atoms with Crippen LogP contribution in [0.25, 0.3) is 0 Å². The highest BCUT2D eigenvalue weighted by molar-refractivity contribution is 5.78. The van der Waals surface area contributed by atoms with Crippen molar-refractivity contribution in [2.45, 2.75) is 46.7 Å². The number of amides is 1. The molecule has 1 rings (SSSR count). The smallest absolute Gasteiger partial charge is 0.222 e. The van der Waals surface area contributed by atoms with Crippen LogP contribution in [0.4, 0.5) is 0 Å². The van der Waals surface area contributed by atoms with Gasteiger partial charge in [-0.25, -0.2) is 0 Å². The van der Waals surface area contributed by atoms with Gasteiger partial charge < -0.3 is 10.1 Å². The molecule has 1 aliphatic heterocycles. The standard InChI is InChI=1S/C14H28N2O2/c1-10(2)13(15-14(17)11(3)4)12(5)16-6-8-18-9-7-16/h10-13H,6-9H2,1-5H3,(H,15,17)/t12-,13-/m0/s1. The second-order valence-corrected chi connectivity index (χ2v) is 5.82. The first-order valence-corrected chi connectivity index (χ1v) is 7.05. The summed E-state index contributed by atoms with van der Waals surface area (Å²) in [6, 6.07) is 0.564. The summed E-state index contributed by atoms with van der Waals surface area (Å²) in [5.74, 6) is 0.627. The van der Waals surface area contributed by atoms with Crippen LogP contribution in [0.3, 0.4) is 0 Å². The van der Waals surface area contributed by atoms with E-state index in [-0.39, 0.29) is 17.9 Å². The van der Waals surface area contributed by atoms with Crippen molar-refractivity contribution in [3.63, 3.8) is 0 Å². The van der Waals surface area contributed by atoms with Gasteiger partial charge in [-0.3, -0.25) is 9.69 Å². The first-order chi connectivity index (χ1) is 8.43. The van der Waals surface area contributed by atoms with Crippen molar-refractivity contribution < 1.29 is 9.53 Å². The SMILES string of the molecule is CC(C)C(=O)N[C@@H](C(C)C)[C@H](C)N1CCOCC1. The Bertz CT molecular complexity index is 261. The highest BCUT2D eigenvalue weighted by Gasteiger charge is 2.28. The van der Waals surface area contributed by atoms with Crippen molar-refractivity contribution in [3.05, 3.63) is 0 Å². The van der Waals surface area contributed by atoms with E-state index < -0.39 is 0 Å².